The largest absolute Gasteiger partial charge is 0.481 e. The van der Waals surface area contributed by atoms with Crippen molar-refractivity contribution in [3.05, 3.63) is 0 Å². The van der Waals surface area contributed by atoms with Gasteiger partial charge in [0.1, 0.15) is 0 Å². The van der Waals surface area contributed by atoms with Gasteiger partial charge in [-0.2, -0.15) is 0 Å². The van der Waals surface area contributed by atoms with Gasteiger partial charge in [0.2, 0.25) is 0 Å². The van der Waals surface area contributed by atoms with Crippen LogP contribution in [0.5, 0.6) is 0 Å². The summed E-state index contributed by atoms with van der Waals surface area (Å²) in [4.78, 5) is 14.9. The molecule has 5 nitrogen and oxygen atoms in total. The van der Waals surface area contributed by atoms with Crippen molar-refractivity contribution < 1.29 is 14.7 Å². The smallest absolute Gasteiger partial charge is 0.304 e. The van der Waals surface area contributed by atoms with Gasteiger partial charge in [-0.15, -0.1) is 0 Å². The number of nitrogens with one attached hydrogen (secondary N) is 1. The van der Waals surface area contributed by atoms with Crippen molar-refractivity contribution in [3.8, 4) is 0 Å². The van der Waals surface area contributed by atoms with Gasteiger partial charge in [-0.1, -0.05) is 0 Å². The summed E-state index contributed by atoms with van der Waals surface area (Å²) >= 11 is 0. The molecule has 0 radical (unpaired) electrons. The molecular weight excluding hydrogens is 148 g/mol. The maximum atomic E-state index is 10.1. The van der Waals surface area contributed by atoms with Crippen molar-refractivity contribution in [2.24, 2.45) is 5.73 Å². The van der Waals surface area contributed by atoms with Gasteiger partial charge in [0.05, 0.1) is 13.0 Å². The van der Waals surface area contributed by atoms with E-state index in [1.807, 2.05) is 6.92 Å². The summed E-state index contributed by atoms with van der Waals surface area (Å²) < 4.78 is 0. The third kappa shape index (κ3) is 7.24. The normalized spacial score (nSPS) is 12.9. The minimum absolute atomic E-state index is 0.0416. The zero-order valence-corrected chi connectivity index (χ0v) is 6.54. The second-order valence-corrected chi connectivity index (χ2v) is 2.14. The average molecular weight is 162 g/mol. The van der Waals surface area contributed by atoms with Crippen LogP contribution in [0.4, 0.5) is 0 Å². The fourth-order valence-electron chi connectivity index (χ4n) is 0.564. The number of aliphatic carboxylic acids is 1. The molecule has 0 fully saturated rings. The van der Waals surface area contributed by atoms with E-state index in [0.29, 0.717) is 13.2 Å². The first-order valence-electron chi connectivity index (χ1n) is 3.48. The highest BCUT2D eigenvalue weighted by molar-refractivity contribution is 5.67. The molecule has 4 N–H and O–H groups in total. The third-order valence-electron chi connectivity index (χ3n) is 1.03. The van der Waals surface area contributed by atoms with E-state index in [0.717, 1.165) is 0 Å². The van der Waals surface area contributed by atoms with Crippen LogP contribution in [0, 0.1) is 0 Å². The Balaban J connectivity index is 3.22. The number of carboxylic acids is 1. The van der Waals surface area contributed by atoms with Crippen LogP contribution in [0.2, 0.25) is 0 Å². The summed E-state index contributed by atoms with van der Waals surface area (Å²) in [7, 11) is 0. The molecule has 66 valence electrons. The number of hydroxylamine groups is 1. The predicted octanol–water partition coefficient (Wildman–Crippen LogP) is -0.670. The summed E-state index contributed by atoms with van der Waals surface area (Å²) in [5.41, 5.74) is 7.94. The molecule has 0 aliphatic carbocycles. The standard InChI is InChI=1S/C6H14N2O3/c1-2-11-8-4-5(7)3-6(9)10/h5,8H,2-4,7H2,1H3,(H,9,10). The molecule has 11 heavy (non-hydrogen) atoms. The van der Waals surface area contributed by atoms with Crippen LogP contribution in [0.1, 0.15) is 13.3 Å². The van der Waals surface area contributed by atoms with Crippen molar-refractivity contribution in [2.75, 3.05) is 13.2 Å². The third-order valence-corrected chi connectivity index (χ3v) is 1.03. The van der Waals surface area contributed by atoms with Crippen molar-refractivity contribution in [1.29, 1.82) is 0 Å². The quantitative estimate of drug-likeness (QED) is 0.356. The minimum atomic E-state index is -0.893. The zero-order chi connectivity index (χ0) is 8.69. The van der Waals surface area contributed by atoms with Gasteiger partial charge in [0, 0.05) is 12.6 Å². The van der Waals surface area contributed by atoms with Gasteiger partial charge >= 0.3 is 5.97 Å². The van der Waals surface area contributed by atoms with Crippen LogP contribution in [0.3, 0.4) is 0 Å². The van der Waals surface area contributed by atoms with E-state index < -0.39 is 5.97 Å². The first kappa shape index (κ1) is 10.3. The second kappa shape index (κ2) is 6.09. The first-order valence-corrected chi connectivity index (χ1v) is 3.48. The second-order valence-electron chi connectivity index (χ2n) is 2.14. The van der Waals surface area contributed by atoms with E-state index >= 15 is 0 Å². The molecule has 0 aromatic heterocycles. The summed E-state index contributed by atoms with van der Waals surface area (Å²) in [5, 5.41) is 8.29. The molecule has 0 aromatic rings. The Morgan fingerprint density at radius 1 is 1.82 bits per heavy atom. The molecule has 0 saturated heterocycles. The number of rotatable bonds is 6. The lowest BCUT2D eigenvalue weighted by atomic mass is 10.2. The van der Waals surface area contributed by atoms with Crippen molar-refractivity contribution in [2.45, 2.75) is 19.4 Å². The maximum absolute atomic E-state index is 10.1. The van der Waals surface area contributed by atoms with Crippen LogP contribution < -0.4 is 11.2 Å². The number of carboxylic acid groups (broad SMARTS) is 1. The topological polar surface area (TPSA) is 84.6 Å². The molecule has 1 unspecified atom stereocenters. The summed E-state index contributed by atoms with van der Waals surface area (Å²) in [6.07, 6.45) is -0.0416. The maximum Gasteiger partial charge on any atom is 0.304 e. The molecule has 0 bridgehead atoms. The highest BCUT2D eigenvalue weighted by Gasteiger charge is 2.06. The minimum Gasteiger partial charge on any atom is -0.481 e. The van der Waals surface area contributed by atoms with Gasteiger partial charge < -0.3 is 15.7 Å². The van der Waals surface area contributed by atoms with E-state index in [-0.39, 0.29) is 12.5 Å². The monoisotopic (exact) mass is 162 g/mol. The van der Waals surface area contributed by atoms with Gasteiger partial charge in [-0.25, -0.2) is 5.48 Å². The van der Waals surface area contributed by atoms with Gasteiger partial charge in [0.25, 0.3) is 0 Å². The Bertz CT molecular complexity index is 118. The van der Waals surface area contributed by atoms with E-state index in [4.69, 9.17) is 15.7 Å². The van der Waals surface area contributed by atoms with E-state index in [2.05, 4.69) is 5.48 Å². The molecule has 1 atom stereocenters. The number of nitrogens with two attached hydrogens (primary N) is 1. The molecule has 0 saturated carbocycles. The van der Waals surface area contributed by atoms with Crippen LogP contribution in [-0.2, 0) is 9.63 Å². The molecule has 0 heterocycles. The highest BCUT2D eigenvalue weighted by Crippen LogP contribution is 1.85. The van der Waals surface area contributed by atoms with Gasteiger partial charge in [-0.05, 0) is 6.92 Å². The van der Waals surface area contributed by atoms with Gasteiger partial charge in [-0.3, -0.25) is 4.79 Å². The Labute approximate surface area is 65.5 Å². The molecule has 5 heteroatoms. The number of carbonyl (C=O) groups is 1. The summed E-state index contributed by atoms with van der Waals surface area (Å²) in [5.74, 6) is -0.893. The molecule has 0 aromatic carbocycles. The molecule has 0 spiro atoms. The number of hydrogen-bond donors (Lipinski definition) is 3. The molecule has 0 amide bonds. The predicted molar refractivity (Wildman–Crippen MR) is 39.9 cm³/mol. The van der Waals surface area contributed by atoms with Crippen LogP contribution in [-0.4, -0.2) is 30.3 Å². The molecule has 0 aliphatic rings. The van der Waals surface area contributed by atoms with E-state index in [1.54, 1.807) is 0 Å². The Kier molecular flexibility index (Phi) is 5.73. The lowest BCUT2D eigenvalue weighted by molar-refractivity contribution is -0.137. The zero-order valence-electron chi connectivity index (χ0n) is 6.54. The van der Waals surface area contributed by atoms with Crippen LogP contribution in [0.25, 0.3) is 0 Å². The SMILES string of the molecule is CCONCC(N)CC(=O)O. The Morgan fingerprint density at radius 2 is 2.45 bits per heavy atom. The Hall–Kier alpha value is -0.650. The van der Waals surface area contributed by atoms with Gasteiger partial charge in [0.15, 0.2) is 0 Å². The highest BCUT2D eigenvalue weighted by atomic mass is 16.6. The molecular formula is C6H14N2O3. The lowest BCUT2D eigenvalue weighted by Crippen LogP contribution is -2.35. The van der Waals surface area contributed by atoms with Crippen molar-refractivity contribution in [1.82, 2.24) is 5.48 Å². The van der Waals surface area contributed by atoms with Crippen molar-refractivity contribution >= 4 is 5.97 Å². The fourth-order valence-corrected chi connectivity index (χ4v) is 0.564. The van der Waals surface area contributed by atoms with Crippen LogP contribution >= 0.6 is 0 Å². The van der Waals surface area contributed by atoms with Crippen LogP contribution in [0.15, 0.2) is 0 Å². The van der Waals surface area contributed by atoms with Crippen molar-refractivity contribution in [3.63, 3.8) is 0 Å². The molecule has 0 aliphatic heterocycles. The average Bonchev–Trinajstić information content (AvgIpc) is 1.86. The number of hydrogen-bond acceptors (Lipinski definition) is 4. The van der Waals surface area contributed by atoms with E-state index in [9.17, 15) is 4.79 Å². The fraction of sp³-hybridized carbons (Fsp3) is 0.833. The lowest BCUT2D eigenvalue weighted by Gasteiger charge is -2.08. The summed E-state index contributed by atoms with van der Waals surface area (Å²) in [6, 6.07) is -0.390. The molecule has 0 rings (SSSR count). The Morgan fingerprint density at radius 3 is 2.91 bits per heavy atom. The summed E-state index contributed by atoms with van der Waals surface area (Å²) in [6.45, 7) is 2.73. The first-order chi connectivity index (χ1) is 5.16. The van der Waals surface area contributed by atoms with E-state index in [1.165, 1.54) is 0 Å².